The molecule has 7 heteroatoms. The number of thiazole rings is 1. The van der Waals surface area contributed by atoms with E-state index >= 15 is 0 Å². The summed E-state index contributed by atoms with van der Waals surface area (Å²) in [5.41, 5.74) is 1.75. The maximum Gasteiger partial charge on any atom is 0.231 e. The Balaban J connectivity index is 1.69. The number of hydrogen-bond donors (Lipinski definition) is 1. The van der Waals surface area contributed by atoms with Crippen LogP contribution in [0.3, 0.4) is 0 Å². The molecular formula is C16H10FN3OS2. The highest BCUT2D eigenvalue weighted by Crippen LogP contribution is 2.25. The SMILES string of the molecule is N#Cc1ccsc1NC(=O)Cc1csc(-c2cccc(F)c2)n1. The highest BCUT2D eigenvalue weighted by Gasteiger charge is 2.12. The molecule has 2 heterocycles. The molecule has 0 aliphatic rings. The number of benzene rings is 1. The van der Waals surface area contributed by atoms with Crippen molar-refractivity contribution in [3.8, 4) is 16.6 Å². The number of thiophene rings is 1. The molecule has 0 fully saturated rings. The van der Waals surface area contributed by atoms with E-state index in [1.807, 2.05) is 6.07 Å². The Morgan fingerprint density at radius 2 is 2.22 bits per heavy atom. The molecule has 1 amide bonds. The van der Waals surface area contributed by atoms with Crippen molar-refractivity contribution in [1.82, 2.24) is 4.98 Å². The summed E-state index contributed by atoms with van der Waals surface area (Å²) in [4.78, 5) is 16.4. The molecule has 23 heavy (non-hydrogen) atoms. The van der Waals surface area contributed by atoms with Crippen LogP contribution >= 0.6 is 22.7 Å². The summed E-state index contributed by atoms with van der Waals surface area (Å²) in [6.07, 6.45) is 0.106. The van der Waals surface area contributed by atoms with Gasteiger partial charge >= 0.3 is 0 Å². The number of anilines is 1. The quantitative estimate of drug-likeness (QED) is 0.777. The average Bonchev–Trinajstić information content (AvgIpc) is 3.16. The molecule has 0 aliphatic carbocycles. The summed E-state index contributed by atoms with van der Waals surface area (Å²) in [6, 6.07) is 9.86. The average molecular weight is 343 g/mol. The molecule has 2 aromatic heterocycles. The van der Waals surface area contributed by atoms with Gasteiger partial charge < -0.3 is 5.32 Å². The predicted octanol–water partition coefficient (Wildman–Crippen LogP) is 4.06. The van der Waals surface area contributed by atoms with Crippen LogP contribution in [0, 0.1) is 17.1 Å². The minimum absolute atomic E-state index is 0.106. The van der Waals surface area contributed by atoms with E-state index in [0.717, 1.165) is 0 Å². The maximum atomic E-state index is 13.2. The first-order valence-corrected chi connectivity index (χ1v) is 8.39. The van der Waals surface area contributed by atoms with E-state index in [1.54, 1.807) is 29.0 Å². The van der Waals surface area contributed by atoms with Crippen LogP contribution in [0.4, 0.5) is 9.39 Å². The topological polar surface area (TPSA) is 65.8 Å². The number of amides is 1. The van der Waals surface area contributed by atoms with Crippen LogP contribution < -0.4 is 5.32 Å². The summed E-state index contributed by atoms with van der Waals surface area (Å²) in [6.45, 7) is 0. The van der Waals surface area contributed by atoms with Crippen LogP contribution in [-0.4, -0.2) is 10.9 Å². The number of carbonyl (C=O) groups is 1. The first-order valence-electron chi connectivity index (χ1n) is 6.63. The highest BCUT2D eigenvalue weighted by atomic mass is 32.1. The second kappa shape index (κ2) is 6.69. The molecular weight excluding hydrogens is 333 g/mol. The molecule has 3 aromatic rings. The third-order valence-electron chi connectivity index (χ3n) is 3.00. The van der Waals surface area contributed by atoms with Crippen LogP contribution in [-0.2, 0) is 11.2 Å². The molecule has 1 aromatic carbocycles. The fourth-order valence-corrected chi connectivity index (χ4v) is 3.54. The lowest BCUT2D eigenvalue weighted by Gasteiger charge is -2.01. The molecule has 0 aliphatic heterocycles. The van der Waals surface area contributed by atoms with Crippen molar-refractivity contribution in [3.05, 3.63) is 58.2 Å². The van der Waals surface area contributed by atoms with E-state index in [1.165, 1.54) is 34.8 Å². The van der Waals surface area contributed by atoms with E-state index in [2.05, 4.69) is 10.3 Å². The Bertz CT molecular complexity index is 895. The van der Waals surface area contributed by atoms with Crippen molar-refractivity contribution in [1.29, 1.82) is 5.26 Å². The number of nitrogens with one attached hydrogen (secondary N) is 1. The molecule has 0 saturated heterocycles. The van der Waals surface area contributed by atoms with Gasteiger partial charge in [-0.05, 0) is 23.6 Å². The molecule has 0 saturated carbocycles. The zero-order valence-electron chi connectivity index (χ0n) is 11.7. The zero-order valence-corrected chi connectivity index (χ0v) is 13.4. The minimum atomic E-state index is -0.321. The number of aromatic nitrogens is 1. The fraction of sp³-hybridized carbons (Fsp3) is 0.0625. The Labute approximate surface area is 139 Å². The first kappa shape index (κ1) is 15.3. The van der Waals surface area contributed by atoms with Crippen molar-refractivity contribution < 1.29 is 9.18 Å². The molecule has 3 rings (SSSR count). The van der Waals surface area contributed by atoms with Crippen molar-refractivity contribution in [2.24, 2.45) is 0 Å². The largest absolute Gasteiger partial charge is 0.316 e. The van der Waals surface area contributed by atoms with E-state index in [0.29, 0.717) is 26.8 Å². The van der Waals surface area contributed by atoms with Crippen LogP contribution in [0.5, 0.6) is 0 Å². The Morgan fingerprint density at radius 1 is 1.35 bits per heavy atom. The van der Waals surface area contributed by atoms with Gasteiger partial charge in [-0.15, -0.1) is 22.7 Å². The summed E-state index contributed by atoms with van der Waals surface area (Å²) in [5, 5.41) is 16.4. The number of nitrogens with zero attached hydrogens (tertiary/aromatic N) is 2. The smallest absolute Gasteiger partial charge is 0.231 e. The summed E-state index contributed by atoms with van der Waals surface area (Å²) in [7, 11) is 0. The number of halogens is 1. The van der Waals surface area contributed by atoms with Crippen LogP contribution in [0.2, 0.25) is 0 Å². The molecule has 0 radical (unpaired) electrons. The second-order valence-electron chi connectivity index (χ2n) is 4.65. The van der Waals surface area contributed by atoms with Crippen LogP contribution in [0.25, 0.3) is 10.6 Å². The Hall–Kier alpha value is -2.56. The van der Waals surface area contributed by atoms with E-state index in [4.69, 9.17) is 5.26 Å². The molecule has 114 valence electrons. The maximum absolute atomic E-state index is 13.2. The summed E-state index contributed by atoms with van der Waals surface area (Å²) < 4.78 is 13.2. The van der Waals surface area contributed by atoms with Gasteiger partial charge in [-0.1, -0.05) is 12.1 Å². The second-order valence-corrected chi connectivity index (χ2v) is 6.43. The fourth-order valence-electron chi connectivity index (χ4n) is 1.97. The summed E-state index contributed by atoms with van der Waals surface area (Å²) in [5.74, 6) is -0.557. The van der Waals surface area contributed by atoms with Gasteiger partial charge in [-0.2, -0.15) is 5.26 Å². The Kier molecular flexibility index (Phi) is 4.46. The molecule has 0 unspecified atom stereocenters. The van der Waals surface area contributed by atoms with Crippen molar-refractivity contribution in [2.45, 2.75) is 6.42 Å². The number of carbonyl (C=O) groups excluding carboxylic acids is 1. The minimum Gasteiger partial charge on any atom is -0.316 e. The monoisotopic (exact) mass is 343 g/mol. The highest BCUT2D eigenvalue weighted by molar-refractivity contribution is 7.14. The lowest BCUT2D eigenvalue weighted by molar-refractivity contribution is -0.115. The Morgan fingerprint density at radius 3 is 3.00 bits per heavy atom. The van der Waals surface area contributed by atoms with Gasteiger partial charge in [0.1, 0.15) is 21.9 Å². The van der Waals surface area contributed by atoms with Gasteiger partial charge in [0.15, 0.2) is 0 Å². The molecule has 0 atom stereocenters. The van der Waals surface area contributed by atoms with Gasteiger partial charge in [0, 0.05) is 10.9 Å². The van der Waals surface area contributed by atoms with Crippen molar-refractivity contribution in [2.75, 3.05) is 5.32 Å². The lowest BCUT2D eigenvalue weighted by atomic mass is 10.2. The van der Waals surface area contributed by atoms with Gasteiger partial charge in [0.25, 0.3) is 0 Å². The predicted molar refractivity (Wildman–Crippen MR) is 88.9 cm³/mol. The zero-order chi connectivity index (χ0) is 16.2. The normalized spacial score (nSPS) is 10.3. The molecule has 4 nitrogen and oxygen atoms in total. The third-order valence-corrected chi connectivity index (χ3v) is 4.77. The molecule has 1 N–H and O–H groups in total. The van der Waals surface area contributed by atoms with Crippen molar-refractivity contribution in [3.63, 3.8) is 0 Å². The summed E-state index contributed by atoms with van der Waals surface area (Å²) >= 11 is 2.66. The molecule has 0 bridgehead atoms. The van der Waals surface area contributed by atoms with Gasteiger partial charge in [-0.3, -0.25) is 4.79 Å². The van der Waals surface area contributed by atoms with Gasteiger partial charge in [0.2, 0.25) is 5.91 Å². The third kappa shape index (κ3) is 3.62. The standard InChI is InChI=1S/C16H10FN3OS2/c17-12-3-1-2-10(6-12)15-19-13(9-23-15)7-14(21)20-16-11(8-18)4-5-22-16/h1-6,9H,7H2,(H,20,21). The molecule has 0 spiro atoms. The van der Waals surface area contributed by atoms with Crippen LogP contribution in [0.1, 0.15) is 11.3 Å². The van der Waals surface area contributed by atoms with Crippen molar-refractivity contribution >= 4 is 33.6 Å². The van der Waals surface area contributed by atoms with E-state index in [9.17, 15) is 9.18 Å². The number of nitriles is 1. The van der Waals surface area contributed by atoms with E-state index in [-0.39, 0.29) is 18.1 Å². The van der Waals surface area contributed by atoms with Gasteiger partial charge in [-0.25, -0.2) is 9.37 Å². The number of rotatable bonds is 4. The van der Waals surface area contributed by atoms with E-state index < -0.39 is 0 Å². The van der Waals surface area contributed by atoms with Crippen LogP contribution in [0.15, 0.2) is 41.1 Å². The number of hydrogen-bond acceptors (Lipinski definition) is 5. The first-order chi connectivity index (χ1) is 11.2. The lowest BCUT2D eigenvalue weighted by Crippen LogP contribution is -2.14. The van der Waals surface area contributed by atoms with Gasteiger partial charge in [0.05, 0.1) is 17.7 Å².